The average molecular weight is 386 g/mol. The number of hydrogen-bond donors (Lipinski definition) is 1. The van der Waals surface area contributed by atoms with Gasteiger partial charge in [-0.3, -0.25) is 9.59 Å². The fourth-order valence-electron chi connectivity index (χ4n) is 3.40. The first-order chi connectivity index (χ1) is 14.1. The zero-order valence-electron chi connectivity index (χ0n) is 16.2. The van der Waals surface area contributed by atoms with Crippen molar-refractivity contribution in [2.24, 2.45) is 0 Å². The zero-order valence-corrected chi connectivity index (χ0v) is 16.2. The van der Waals surface area contributed by atoms with Gasteiger partial charge >= 0.3 is 0 Å². The molecule has 0 aliphatic rings. The van der Waals surface area contributed by atoms with E-state index in [2.05, 4.69) is 18.0 Å². The average Bonchev–Trinajstić information content (AvgIpc) is 3.26. The van der Waals surface area contributed by atoms with E-state index in [1.165, 1.54) is 5.56 Å². The number of aromatic amines is 1. The molecule has 0 atom stereocenters. The summed E-state index contributed by atoms with van der Waals surface area (Å²) in [5, 5.41) is 0.962. The van der Waals surface area contributed by atoms with Gasteiger partial charge in [-0.05, 0) is 59.8 Å². The minimum Gasteiger partial charge on any atom is -0.467 e. The van der Waals surface area contributed by atoms with Crippen LogP contribution in [0, 0.1) is 0 Å². The number of nitrogens with one attached hydrogen (secondary N) is 1. The monoisotopic (exact) mass is 386 g/mol. The van der Waals surface area contributed by atoms with Gasteiger partial charge in [0.15, 0.2) is 0 Å². The van der Waals surface area contributed by atoms with E-state index in [-0.39, 0.29) is 24.6 Å². The van der Waals surface area contributed by atoms with Gasteiger partial charge in [0.25, 0.3) is 11.5 Å². The lowest BCUT2D eigenvalue weighted by atomic mass is 10.1. The Kier molecular flexibility index (Phi) is 5.29. The molecular weight excluding hydrogens is 364 g/mol. The predicted octanol–water partition coefficient (Wildman–Crippen LogP) is 4.53. The van der Waals surface area contributed by atoms with Crippen LogP contribution in [-0.4, -0.2) is 15.8 Å². The Morgan fingerprint density at radius 2 is 1.83 bits per heavy atom. The molecule has 5 nitrogen and oxygen atoms in total. The summed E-state index contributed by atoms with van der Waals surface area (Å²) >= 11 is 0. The number of furan rings is 1. The molecule has 4 rings (SSSR count). The van der Waals surface area contributed by atoms with Gasteiger partial charge in [-0.25, -0.2) is 0 Å². The minimum absolute atomic E-state index is 0.149. The molecule has 5 heteroatoms. The molecule has 1 N–H and O–H groups in total. The topological polar surface area (TPSA) is 66.3 Å². The van der Waals surface area contributed by atoms with Crippen LogP contribution in [0.25, 0.3) is 10.9 Å². The van der Waals surface area contributed by atoms with Crippen molar-refractivity contribution in [1.82, 2.24) is 9.88 Å². The summed E-state index contributed by atoms with van der Waals surface area (Å²) in [6.45, 7) is 2.57. The lowest BCUT2D eigenvalue weighted by molar-refractivity contribution is 0.0717. The normalized spacial score (nSPS) is 10.9. The third-order valence-corrected chi connectivity index (χ3v) is 4.99. The zero-order chi connectivity index (χ0) is 20.2. The van der Waals surface area contributed by atoms with Gasteiger partial charge in [0.2, 0.25) is 0 Å². The van der Waals surface area contributed by atoms with E-state index in [1.54, 1.807) is 29.4 Å². The quantitative estimate of drug-likeness (QED) is 0.530. The molecule has 2 heterocycles. The molecule has 0 unspecified atom stereocenters. The van der Waals surface area contributed by atoms with E-state index in [0.29, 0.717) is 16.9 Å². The van der Waals surface area contributed by atoms with E-state index in [1.807, 2.05) is 42.5 Å². The van der Waals surface area contributed by atoms with Gasteiger partial charge in [-0.1, -0.05) is 31.2 Å². The summed E-state index contributed by atoms with van der Waals surface area (Å²) in [4.78, 5) is 30.4. The number of aromatic nitrogens is 1. The first kappa shape index (κ1) is 18.7. The number of nitrogens with zero attached hydrogens (tertiary/aromatic N) is 1. The molecule has 29 heavy (non-hydrogen) atoms. The Bertz CT molecular complexity index is 1180. The number of H-pyrrole nitrogens is 1. The smallest absolute Gasteiger partial charge is 0.254 e. The molecule has 0 aliphatic heterocycles. The molecule has 4 aromatic rings. The highest BCUT2D eigenvalue weighted by atomic mass is 16.3. The number of aryl methyl sites for hydroxylation is 1. The van der Waals surface area contributed by atoms with Crippen LogP contribution in [0.3, 0.4) is 0 Å². The van der Waals surface area contributed by atoms with Crippen molar-refractivity contribution in [2.45, 2.75) is 26.4 Å². The maximum absolute atomic E-state index is 13.1. The molecule has 0 spiro atoms. The van der Waals surface area contributed by atoms with Gasteiger partial charge in [0.05, 0.1) is 19.4 Å². The van der Waals surface area contributed by atoms with Crippen molar-refractivity contribution >= 4 is 16.8 Å². The summed E-state index contributed by atoms with van der Waals surface area (Å²) in [5.41, 5.74) is 2.92. The van der Waals surface area contributed by atoms with Crippen LogP contribution in [0.5, 0.6) is 0 Å². The van der Waals surface area contributed by atoms with Crippen molar-refractivity contribution in [3.05, 3.63) is 106 Å². The third-order valence-electron chi connectivity index (χ3n) is 4.99. The Balaban J connectivity index is 1.70. The van der Waals surface area contributed by atoms with Crippen LogP contribution in [0.15, 0.2) is 82.2 Å². The van der Waals surface area contributed by atoms with Gasteiger partial charge in [-0.2, -0.15) is 0 Å². The Morgan fingerprint density at radius 3 is 2.55 bits per heavy atom. The number of carbonyl (C=O) groups is 1. The predicted molar refractivity (Wildman–Crippen MR) is 113 cm³/mol. The highest BCUT2D eigenvalue weighted by Crippen LogP contribution is 2.17. The van der Waals surface area contributed by atoms with E-state index in [4.69, 9.17) is 4.42 Å². The van der Waals surface area contributed by atoms with Crippen LogP contribution in [0.1, 0.15) is 34.2 Å². The molecule has 0 saturated carbocycles. The fraction of sp³-hybridized carbons (Fsp3) is 0.167. The maximum Gasteiger partial charge on any atom is 0.254 e. The van der Waals surface area contributed by atoms with E-state index < -0.39 is 0 Å². The van der Waals surface area contributed by atoms with Gasteiger partial charge in [0.1, 0.15) is 5.76 Å². The van der Waals surface area contributed by atoms with Crippen LogP contribution < -0.4 is 5.56 Å². The van der Waals surface area contributed by atoms with Crippen LogP contribution in [0.4, 0.5) is 0 Å². The SMILES string of the molecule is CCc1ccc2[nH]c(=O)c(CN(Cc3ccco3)C(=O)c3ccccc3)cc2c1. The molecule has 0 saturated heterocycles. The van der Waals surface area contributed by atoms with Crippen molar-refractivity contribution in [3.63, 3.8) is 0 Å². The van der Waals surface area contributed by atoms with Gasteiger partial charge in [0, 0.05) is 16.6 Å². The maximum atomic E-state index is 13.1. The Hall–Kier alpha value is -3.60. The summed E-state index contributed by atoms with van der Waals surface area (Å²) in [6, 6.07) is 20.6. The van der Waals surface area contributed by atoms with E-state index in [0.717, 1.165) is 17.3 Å². The first-order valence-electron chi connectivity index (χ1n) is 9.65. The lowest BCUT2D eigenvalue weighted by Gasteiger charge is -2.22. The minimum atomic E-state index is -0.188. The van der Waals surface area contributed by atoms with Crippen LogP contribution >= 0.6 is 0 Å². The first-order valence-corrected chi connectivity index (χ1v) is 9.65. The molecule has 146 valence electrons. The molecule has 0 fully saturated rings. The lowest BCUT2D eigenvalue weighted by Crippen LogP contribution is -2.32. The largest absolute Gasteiger partial charge is 0.467 e. The molecule has 0 bridgehead atoms. The summed E-state index contributed by atoms with van der Waals surface area (Å²) in [5.74, 6) is 0.517. The summed E-state index contributed by atoms with van der Waals surface area (Å²) < 4.78 is 5.44. The molecule has 0 aliphatic carbocycles. The fourth-order valence-corrected chi connectivity index (χ4v) is 3.40. The van der Waals surface area contributed by atoms with E-state index >= 15 is 0 Å². The number of hydrogen-bond acceptors (Lipinski definition) is 3. The highest BCUT2D eigenvalue weighted by Gasteiger charge is 2.19. The molecule has 2 aromatic heterocycles. The van der Waals surface area contributed by atoms with Gasteiger partial charge < -0.3 is 14.3 Å². The van der Waals surface area contributed by atoms with Crippen molar-refractivity contribution in [3.8, 4) is 0 Å². The number of fused-ring (bicyclic) bond motifs is 1. The standard InChI is InChI=1S/C24H22N2O3/c1-2-17-10-11-22-19(13-17)14-20(23(27)25-22)15-26(16-21-9-6-12-29-21)24(28)18-7-4-3-5-8-18/h3-14H,2,15-16H2,1H3,(H,25,27). The molecular formula is C24H22N2O3. The second-order valence-electron chi connectivity index (χ2n) is 7.01. The second-order valence-corrected chi connectivity index (χ2v) is 7.01. The highest BCUT2D eigenvalue weighted by molar-refractivity contribution is 5.94. The van der Waals surface area contributed by atoms with Crippen molar-refractivity contribution in [2.75, 3.05) is 0 Å². The second kappa shape index (κ2) is 8.19. The van der Waals surface area contributed by atoms with E-state index in [9.17, 15) is 9.59 Å². The number of carbonyl (C=O) groups excluding carboxylic acids is 1. The molecule has 0 radical (unpaired) electrons. The number of pyridine rings is 1. The summed E-state index contributed by atoms with van der Waals surface area (Å²) in [6.07, 6.45) is 2.50. The van der Waals surface area contributed by atoms with Gasteiger partial charge in [-0.15, -0.1) is 0 Å². The van der Waals surface area contributed by atoms with Crippen molar-refractivity contribution in [1.29, 1.82) is 0 Å². The summed E-state index contributed by atoms with van der Waals surface area (Å²) in [7, 11) is 0. The number of rotatable bonds is 6. The van der Waals surface area contributed by atoms with Crippen LogP contribution in [0.2, 0.25) is 0 Å². The Morgan fingerprint density at radius 1 is 1.00 bits per heavy atom. The number of amides is 1. The molecule has 1 amide bonds. The molecule has 2 aromatic carbocycles. The van der Waals surface area contributed by atoms with Crippen LogP contribution in [-0.2, 0) is 19.5 Å². The van der Waals surface area contributed by atoms with Crippen molar-refractivity contribution < 1.29 is 9.21 Å². The Labute approximate surface area is 168 Å². The third kappa shape index (κ3) is 4.14. The number of benzene rings is 2.